The van der Waals surface area contributed by atoms with E-state index in [1.54, 1.807) is 0 Å². The Hall–Kier alpha value is -6.90. The summed E-state index contributed by atoms with van der Waals surface area (Å²) in [5.41, 5.74) is 12.5. The van der Waals surface area contributed by atoms with Gasteiger partial charge in [-0.2, -0.15) is 0 Å². The van der Waals surface area contributed by atoms with Gasteiger partial charge >= 0.3 is 0 Å². The van der Waals surface area contributed by atoms with Gasteiger partial charge in [-0.1, -0.05) is 135 Å². The smallest absolute Gasteiger partial charge is 0.136 e. The SMILES string of the molecule is C=Cc1c(C=C)c(-c2ccc3c(c2)oc2cc(-c4ccc5oc(-c6ccccc6)cc5c4)ccc23)c2ccccc2c1-c1ccc2ccccc2c1. The van der Waals surface area contributed by atoms with Crippen LogP contribution in [0.25, 0.3) is 111 Å². The lowest BCUT2D eigenvalue weighted by atomic mass is 9.83. The molecule has 8 aromatic carbocycles. The Morgan fingerprint density at radius 3 is 1.60 bits per heavy atom. The molecule has 0 N–H and O–H groups in total. The number of furan rings is 2. The molecule has 0 spiro atoms. The third kappa shape index (κ3) is 4.73. The first kappa shape index (κ1) is 30.0. The van der Waals surface area contributed by atoms with Crippen molar-refractivity contribution < 1.29 is 8.83 Å². The van der Waals surface area contributed by atoms with E-state index in [0.717, 1.165) is 94.1 Å². The summed E-state index contributed by atoms with van der Waals surface area (Å²) in [4.78, 5) is 0. The highest BCUT2D eigenvalue weighted by molar-refractivity contribution is 6.14. The summed E-state index contributed by atoms with van der Waals surface area (Å²) in [6.45, 7) is 8.61. The van der Waals surface area contributed by atoms with Crippen molar-refractivity contribution in [2.24, 2.45) is 0 Å². The maximum Gasteiger partial charge on any atom is 0.136 e. The van der Waals surface area contributed by atoms with Crippen LogP contribution in [-0.4, -0.2) is 0 Å². The van der Waals surface area contributed by atoms with Crippen molar-refractivity contribution in [2.45, 2.75) is 0 Å². The van der Waals surface area contributed by atoms with Gasteiger partial charge < -0.3 is 8.83 Å². The molecule has 0 amide bonds. The Morgan fingerprint density at radius 1 is 0.346 bits per heavy atom. The molecule has 10 aromatic rings. The van der Waals surface area contributed by atoms with Gasteiger partial charge in [0.05, 0.1) is 0 Å². The van der Waals surface area contributed by atoms with Crippen molar-refractivity contribution in [3.63, 3.8) is 0 Å². The molecule has 0 radical (unpaired) electrons. The summed E-state index contributed by atoms with van der Waals surface area (Å²) in [5, 5.41) is 8.01. The molecule has 0 aliphatic heterocycles. The molecule has 2 nitrogen and oxygen atoms in total. The van der Waals surface area contributed by atoms with Gasteiger partial charge in [-0.15, -0.1) is 0 Å². The monoisotopic (exact) mass is 664 g/mol. The molecule has 0 unspecified atom stereocenters. The Morgan fingerprint density at radius 2 is 0.885 bits per heavy atom. The van der Waals surface area contributed by atoms with Gasteiger partial charge in [0.1, 0.15) is 22.5 Å². The van der Waals surface area contributed by atoms with Gasteiger partial charge in [0.2, 0.25) is 0 Å². The van der Waals surface area contributed by atoms with Crippen LogP contribution in [0.3, 0.4) is 0 Å². The van der Waals surface area contributed by atoms with Crippen LogP contribution in [0.2, 0.25) is 0 Å². The molecule has 10 rings (SSSR count). The fourth-order valence-corrected chi connectivity index (χ4v) is 7.95. The van der Waals surface area contributed by atoms with Gasteiger partial charge in [-0.25, -0.2) is 0 Å². The van der Waals surface area contributed by atoms with Crippen LogP contribution in [0.5, 0.6) is 0 Å². The van der Waals surface area contributed by atoms with Crippen molar-refractivity contribution in [3.8, 4) is 44.7 Å². The number of rotatable bonds is 6. The van der Waals surface area contributed by atoms with Gasteiger partial charge in [-0.3, -0.25) is 0 Å². The van der Waals surface area contributed by atoms with Crippen LogP contribution in [0.4, 0.5) is 0 Å². The van der Waals surface area contributed by atoms with Crippen LogP contribution in [0, 0.1) is 0 Å². The van der Waals surface area contributed by atoms with E-state index in [9.17, 15) is 0 Å². The van der Waals surface area contributed by atoms with E-state index < -0.39 is 0 Å². The molecule has 0 saturated heterocycles. The standard InChI is InChI=1S/C50H32O2/c1-3-39-40(4-2)50(44-17-11-10-16-43(44)49(39)36-19-18-31-12-8-9-15-33(31)26-36)37-21-24-42-41-23-20-35(28-47(41)52-48(42)29-37)34-22-25-45-38(27-34)30-46(51-45)32-13-6-5-7-14-32/h3-30H,1-2H2. The molecule has 0 atom stereocenters. The fraction of sp³-hybridized carbons (Fsp3) is 0. The Labute approximate surface area is 301 Å². The van der Waals surface area contributed by atoms with Crippen molar-refractivity contribution in [1.82, 2.24) is 0 Å². The maximum absolute atomic E-state index is 6.64. The minimum Gasteiger partial charge on any atom is -0.456 e. The lowest BCUT2D eigenvalue weighted by molar-refractivity contribution is 0.631. The van der Waals surface area contributed by atoms with Gasteiger partial charge in [-0.05, 0) is 115 Å². The summed E-state index contributed by atoms with van der Waals surface area (Å²) < 4.78 is 12.8. The Balaban J connectivity index is 1.10. The van der Waals surface area contributed by atoms with Crippen molar-refractivity contribution in [1.29, 1.82) is 0 Å². The highest BCUT2D eigenvalue weighted by Crippen LogP contribution is 2.45. The van der Waals surface area contributed by atoms with E-state index in [1.807, 2.05) is 30.4 Å². The minimum atomic E-state index is 0.847. The van der Waals surface area contributed by atoms with Crippen LogP contribution in [0.15, 0.2) is 180 Å². The highest BCUT2D eigenvalue weighted by atomic mass is 16.3. The first-order valence-electron chi connectivity index (χ1n) is 17.6. The van der Waals surface area contributed by atoms with Crippen LogP contribution < -0.4 is 0 Å². The molecule has 52 heavy (non-hydrogen) atoms. The van der Waals surface area contributed by atoms with E-state index in [-0.39, 0.29) is 0 Å². The summed E-state index contributed by atoms with van der Waals surface area (Å²) in [6.07, 6.45) is 3.94. The first-order chi connectivity index (χ1) is 25.7. The maximum atomic E-state index is 6.64. The second-order valence-corrected chi connectivity index (χ2v) is 13.3. The fourth-order valence-electron chi connectivity index (χ4n) is 7.95. The zero-order valence-electron chi connectivity index (χ0n) is 28.4. The van der Waals surface area contributed by atoms with E-state index >= 15 is 0 Å². The molecule has 2 heteroatoms. The first-order valence-corrected chi connectivity index (χ1v) is 17.6. The molecular weight excluding hydrogens is 633 g/mol. The van der Waals surface area contributed by atoms with E-state index in [4.69, 9.17) is 8.83 Å². The second kappa shape index (κ2) is 11.9. The zero-order valence-corrected chi connectivity index (χ0v) is 28.4. The van der Waals surface area contributed by atoms with Crippen molar-refractivity contribution in [3.05, 3.63) is 182 Å². The molecule has 0 aliphatic carbocycles. The summed E-state index contributed by atoms with van der Waals surface area (Å²) >= 11 is 0. The molecule has 0 bridgehead atoms. The second-order valence-electron chi connectivity index (χ2n) is 13.3. The van der Waals surface area contributed by atoms with Crippen LogP contribution in [0.1, 0.15) is 11.1 Å². The number of benzene rings is 8. The zero-order chi connectivity index (χ0) is 34.8. The summed E-state index contributed by atoms with van der Waals surface area (Å²) in [5.74, 6) is 0.868. The van der Waals surface area contributed by atoms with Gasteiger partial charge in [0.15, 0.2) is 0 Å². The molecule has 0 fully saturated rings. The Bertz CT molecular complexity index is 3040. The highest BCUT2D eigenvalue weighted by Gasteiger charge is 2.20. The number of hydrogen-bond donors (Lipinski definition) is 0. The third-order valence-electron chi connectivity index (χ3n) is 10.4. The summed E-state index contributed by atoms with van der Waals surface area (Å²) in [7, 11) is 0. The third-order valence-corrected chi connectivity index (χ3v) is 10.4. The average Bonchev–Trinajstić information content (AvgIpc) is 3.80. The lowest BCUT2D eigenvalue weighted by Crippen LogP contribution is -1.96. The largest absolute Gasteiger partial charge is 0.456 e. The van der Waals surface area contributed by atoms with Gasteiger partial charge in [0.25, 0.3) is 0 Å². The molecular formula is C50H32O2. The lowest BCUT2D eigenvalue weighted by Gasteiger charge is -2.20. The predicted molar refractivity (Wildman–Crippen MR) is 220 cm³/mol. The summed E-state index contributed by atoms with van der Waals surface area (Å²) in [6, 6.07) is 55.6. The quantitative estimate of drug-likeness (QED) is 0.177. The normalized spacial score (nSPS) is 11.6. The minimum absolute atomic E-state index is 0.847. The van der Waals surface area contributed by atoms with E-state index in [0.29, 0.717) is 0 Å². The number of hydrogen-bond acceptors (Lipinski definition) is 2. The average molecular weight is 665 g/mol. The Kier molecular flexibility index (Phi) is 6.84. The topological polar surface area (TPSA) is 26.3 Å². The predicted octanol–water partition coefficient (Wildman–Crippen LogP) is 14.6. The van der Waals surface area contributed by atoms with Crippen LogP contribution in [-0.2, 0) is 0 Å². The molecule has 0 aliphatic rings. The van der Waals surface area contributed by atoms with Gasteiger partial charge in [0, 0.05) is 21.7 Å². The molecule has 2 aromatic heterocycles. The van der Waals surface area contributed by atoms with Crippen LogP contribution >= 0.6 is 0 Å². The molecule has 2 heterocycles. The number of fused-ring (bicyclic) bond motifs is 6. The molecule has 0 saturated carbocycles. The molecule has 244 valence electrons. The van der Waals surface area contributed by atoms with Crippen molar-refractivity contribution in [2.75, 3.05) is 0 Å². The van der Waals surface area contributed by atoms with E-state index in [1.165, 1.54) is 16.2 Å². The van der Waals surface area contributed by atoms with Crippen molar-refractivity contribution >= 4 is 66.6 Å². The van der Waals surface area contributed by atoms with E-state index in [2.05, 4.69) is 153 Å².